The van der Waals surface area contributed by atoms with Crippen LogP contribution in [0.15, 0.2) is 12.1 Å². The number of fused-ring (bicyclic) bond motifs is 1. The van der Waals surface area contributed by atoms with E-state index < -0.39 is 0 Å². The van der Waals surface area contributed by atoms with E-state index in [1.54, 1.807) is 13.2 Å². The molecule has 0 saturated carbocycles. The van der Waals surface area contributed by atoms with Crippen molar-refractivity contribution in [2.24, 2.45) is 5.92 Å². The fourth-order valence-electron chi connectivity index (χ4n) is 1.68. The van der Waals surface area contributed by atoms with Gasteiger partial charge in [0.2, 0.25) is 6.79 Å². The monoisotopic (exact) mass is 257 g/mol. The second-order valence-corrected chi connectivity index (χ2v) is 4.53. The molecule has 5 heteroatoms. The van der Waals surface area contributed by atoms with Crippen LogP contribution in [-0.4, -0.2) is 27.1 Å². The van der Waals surface area contributed by atoms with Crippen molar-refractivity contribution in [1.82, 2.24) is 0 Å². The second kappa shape index (κ2) is 5.47. The van der Waals surface area contributed by atoms with Gasteiger partial charge in [0.05, 0.1) is 17.3 Å². The lowest BCUT2D eigenvalue weighted by Crippen LogP contribution is -2.15. The van der Waals surface area contributed by atoms with Crippen molar-refractivity contribution >= 4 is 17.3 Å². The van der Waals surface area contributed by atoms with E-state index in [2.05, 4.69) is 12.2 Å². The topological polar surface area (TPSA) is 39.7 Å². The van der Waals surface area contributed by atoms with Gasteiger partial charge in [-0.15, -0.1) is 0 Å². The Morgan fingerprint density at radius 3 is 2.82 bits per heavy atom. The summed E-state index contributed by atoms with van der Waals surface area (Å²) in [6.45, 7) is 3.88. The van der Waals surface area contributed by atoms with Crippen molar-refractivity contribution in [2.45, 2.75) is 6.92 Å². The number of ether oxygens (including phenoxy) is 3. The van der Waals surface area contributed by atoms with Crippen LogP contribution in [0.1, 0.15) is 6.92 Å². The number of nitrogens with one attached hydrogen (secondary N) is 1. The number of rotatable bonds is 5. The molecule has 0 aromatic heterocycles. The highest BCUT2D eigenvalue weighted by Crippen LogP contribution is 2.39. The summed E-state index contributed by atoms with van der Waals surface area (Å²) in [5.74, 6) is 1.85. The number of hydrogen-bond donors (Lipinski definition) is 1. The van der Waals surface area contributed by atoms with Gasteiger partial charge in [0, 0.05) is 25.8 Å². The van der Waals surface area contributed by atoms with E-state index in [1.165, 1.54) is 0 Å². The molecule has 1 aliphatic rings. The lowest BCUT2D eigenvalue weighted by molar-refractivity contribution is 0.164. The molecule has 1 aliphatic heterocycles. The third-order valence-corrected chi connectivity index (χ3v) is 2.87. The summed E-state index contributed by atoms with van der Waals surface area (Å²) >= 11 is 6.14. The molecule has 17 heavy (non-hydrogen) atoms. The highest BCUT2D eigenvalue weighted by atomic mass is 35.5. The molecule has 1 aromatic rings. The zero-order valence-corrected chi connectivity index (χ0v) is 10.7. The number of benzene rings is 1. The zero-order valence-electron chi connectivity index (χ0n) is 9.96. The minimum absolute atomic E-state index is 0.259. The van der Waals surface area contributed by atoms with Crippen molar-refractivity contribution in [3.05, 3.63) is 17.2 Å². The van der Waals surface area contributed by atoms with E-state index in [-0.39, 0.29) is 6.79 Å². The quantitative estimate of drug-likeness (QED) is 0.881. The van der Waals surface area contributed by atoms with E-state index in [0.29, 0.717) is 16.7 Å². The molecule has 0 bridgehead atoms. The lowest BCUT2D eigenvalue weighted by Gasteiger charge is -2.14. The third kappa shape index (κ3) is 2.96. The van der Waals surface area contributed by atoms with Crippen LogP contribution in [-0.2, 0) is 4.74 Å². The number of anilines is 1. The van der Waals surface area contributed by atoms with Gasteiger partial charge in [0.1, 0.15) is 0 Å². The average Bonchev–Trinajstić information content (AvgIpc) is 2.73. The molecule has 2 rings (SSSR count). The standard InChI is InChI=1S/C12H16ClNO3/c1-8(6-15-2)5-14-10-4-12-11(3-9(10)13)16-7-17-12/h3-4,8,14H,5-7H2,1-2H3. The Bertz CT molecular complexity index is 398. The lowest BCUT2D eigenvalue weighted by atomic mass is 10.2. The molecule has 1 heterocycles. The third-order valence-electron chi connectivity index (χ3n) is 2.55. The van der Waals surface area contributed by atoms with Crippen LogP contribution in [0.4, 0.5) is 5.69 Å². The van der Waals surface area contributed by atoms with Crippen molar-refractivity contribution < 1.29 is 14.2 Å². The first-order valence-electron chi connectivity index (χ1n) is 5.52. The number of methoxy groups -OCH3 is 1. The van der Waals surface area contributed by atoms with Crippen molar-refractivity contribution in [2.75, 3.05) is 32.4 Å². The molecule has 0 aliphatic carbocycles. The molecular formula is C12H16ClNO3. The first-order valence-corrected chi connectivity index (χ1v) is 5.90. The Morgan fingerprint density at radius 1 is 1.41 bits per heavy atom. The first-order chi connectivity index (χ1) is 8.20. The highest BCUT2D eigenvalue weighted by molar-refractivity contribution is 6.33. The fourth-order valence-corrected chi connectivity index (χ4v) is 1.90. The molecule has 0 amide bonds. The van der Waals surface area contributed by atoms with Gasteiger partial charge in [-0.3, -0.25) is 0 Å². The fraction of sp³-hybridized carbons (Fsp3) is 0.500. The largest absolute Gasteiger partial charge is 0.454 e. The molecule has 0 saturated heterocycles. The van der Waals surface area contributed by atoms with Crippen molar-refractivity contribution in [3.63, 3.8) is 0 Å². The molecule has 94 valence electrons. The van der Waals surface area contributed by atoms with E-state index in [9.17, 15) is 0 Å². The van der Waals surface area contributed by atoms with Gasteiger partial charge in [-0.1, -0.05) is 18.5 Å². The summed E-state index contributed by atoms with van der Waals surface area (Å²) in [5, 5.41) is 3.92. The molecule has 0 spiro atoms. The van der Waals surface area contributed by atoms with Crippen LogP contribution < -0.4 is 14.8 Å². The Balaban J connectivity index is 2.01. The summed E-state index contributed by atoms with van der Waals surface area (Å²) in [5.41, 5.74) is 0.860. The van der Waals surface area contributed by atoms with E-state index >= 15 is 0 Å². The molecule has 0 fully saturated rings. The highest BCUT2D eigenvalue weighted by Gasteiger charge is 2.16. The number of halogens is 1. The minimum Gasteiger partial charge on any atom is -0.454 e. The first kappa shape index (κ1) is 12.3. The second-order valence-electron chi connectivity index (χ2n) is 4.13. The maximum Gasteiger partial charge on any atom is 0.231 e. The van der Waals surface area contributed by atoms with Crippen LogP contribution in [0, 0.1) is 5.92 Å². The zero-order chi connectivity index (χ0) is 12.3. The Hall–Kier alpha value is -1.13. The van der Waals surface area contributed by atoms with Gasteiger partial charge in [0.15, 0.2) is 11.5 Å². The molecule has 4 nitrogen and oxygen atoms in total. The van der Waals surface area contributed by atoms with E-state index in [0.717, 1.165) is 24.6 Å². The molecule has 1 N–H and O–H groups in total. The summed E-state index contributed by atoms with van der Waals surface area (Å²) in [7, 11) is 1.70. The minimum atomic E-state index is 0.259. The van der Waals surface area contributed by atoms with E-state index in [4.69, 9.17) is 25.8 Å². The summed E-state index contributed by atoms with van der Waals surface area (Å²) in [4.78, 5) is 0. The Kier molecular flexibility index (Phi) is 3.97. The summed E-state index contributed by atoms with van der Waals surface area (Å²) in [6.07, 6.45) is 0. The SMILES string of the molecule is COCC(C)CNc1cc2c(cc1Cl)OCO2. The maximum atomic E-state index is 6.14. The molecule has 1 atom stereocenters. The van der Waals surface area contributed by atoms with Gasteiger partial charge >= 0.3 is 0 Å². The maximum absolute atomic E-state index is 6.14. The van der Waals surface area contributed by atoms with Crippen molar-refractivity contribution in [1.29, 1.82) is 0 Å². The van der Waals surface area contributed by atoms with Gasteiger partial charge in [0.25, 0.3) is 0 Å². The van der Waals surface area contributed by atoms with Gasteiger partial charge in [-0.2, -0.15) is 0 Å². The van der Waals surface area contributed by atoms with Gasteiger partial charge in [-0.25, -0.2) is 0 Å². The molecule has 1 aromatic carbocycles. The van der Waals surface area contributed by atoms with Gasteiger partial charge < -0.3 is 19.5 Å². The van der Waals surface area contributed by atoms with Crippen molar-refractivity contribution in [3.8, 4) is 11.5 Å². The predicted octanol–water partition coefficient (Wildman–Crippen LogP) is 2.76. The van der Waals surface area contributed by atoms with Crippen LogP contribution in [0.5, 0.6) is 11.5 Å². The summed E-state index contributed by atoms with van der Waals surface area (Å²) in [6, 6.07) is 3.64. The van der Waals surface area contributed by atoms with E-state index in [1.807, 2.05) is 6.07 Å². The van der Waals surface area contributed by atoms with Crippen LogP contribution >= 0.6 is 11.6 Å². The molecule has 0 radical (unpaired) electrons. The van der Waals surface area contributed by atoms with Crippen LogP contribution in [0.2, 0.25) is 5.02 Å². The molecule has 1 unspecified atom stereocenters. The average molecular weight is 258 g/mol. The predicted molar refractivity (Wildman–Crippen MR) is 67.1 cm³/mol. The Morgan fingerprint density at radius 2 is 2.12 bits per heavy atom. The Labute approximate surface area is 106 Å². The number of hydrogen-bond acceptors (Lipinski definition) is 4. The van der Waals surface area contributed by atoms with Gasteiger partial charge in [-0.05, 0) is 5.92 Å². The van der Waals surface area contributed by atoms with Crippen LogP contribution in [0.25, 0.3) is 0 Å². The normalized spacial score (nSPS) is 14.8. The van der Waals surface area contributed by atoms with Crippen LogP contribution in [0.3, 0.4) is 0 Å². The smallest absolute Gasteiger partial charge is 0.231 e. The summed E-state index contributed by atoms with van der Waals surface area (Å²) < 4.78 is 15.6. The molecular weight excluding hydrogens is 242 g/mol.